The van der Waals surface area contributed by atoms with E-state index in [2.05, 4.69) is 5.32 Å². The molecule has 4 rings (SSSR count). The highest BCUT2D eigenvalue weighted by Crippen LogP contribution is 2.41. The molecule has 0 spiro atoms. The third-order valence-corrected chi connectivity index (χ3v) is 6.06. The molecular weight excluding hydrogens is 466 g/mol. The van der Waals surface area contributed by atoms with Crippen molar-refractivity contribution in [2.45, 2.75) is 13.8 Å². The predicted molar refractivity (Wildman–Crippen MR) is 140 cm³/mol. The van der Waals surface area contributed by atoms with E-state index >= 15 is 0 Å². The number of rotatable bonds is 7. The van der Waals surface area contributed by atoms with E-state index in [9.17, 15) is 4.79 Å². The van der Waals surface area contributed by atoms with Crippen LogP contribution < -0.4 is 19.5 Å². The Labute approximate surface area is 209 Å². The maximum absolute atomic E-state index is 12.9. The third kappa shape index (κ3) is 4.84. The number of carbonyl (C=O) groups is 1. The summed E-state index contributed by atoms with van der Waals surface area (Å²) in [7, 11) is 4.78. The normalized spacial score (nSPS) is 11.4. The maximum Gasteiger partial charge on any atom is 0.248 e. The summed E-state index contributed by atoms with van der Waals surface area (Å²) < 4.78 is 22.4. The molecule has 0 bridgehead atoms. The zero-order valence-electron chi connectivity index (χ0n) is 20.2. The lowest BCUT2D eigenvalue weighted by molar-refractivity contribution is -0.111. The molecule has 4 aromatic rings. The number of ether oxygens (including phenoxy) is 3. The minimum atomic E-state index is -0.317. The standard InChI is InChI=1S/C28H26ClNO5/c1-16(11-26(31)30-24-13-19(29)9-10-25(24)33-4)21-14-22-23(18-7-6-8-20(12-18)32-3)15-35-28(22)17(2)27(21)34-5/h6-15H,1-5H3,(H,30,31)/b16-11+. The lowest BCUT2D eigenvalue weighted by Gasteiger charge is -2.14. The van der Waals surface area contributed by atoms with Crippen molar-refractivity contribution in [2.75, 3.05) is 26.6 Å². The summed E-state index contributed by atoms with van der Waals surface area (Å²) in [4.78, 5) is 12.9. The maximum atomic E-state index is 12.9. The Morgan fingerprint density at radius 3 is 2.54 bits per heavy atom. The van der Waals surface area contributed by atoms with Crippen LogP contribution in [0.15, 0.2) is 65.3 Å². The summed E-state index contributed by atoms with van der Waals surface area (Å²) in [5, 5.41) is 4.25. The molecule has 1 aromatic heterocycles. The molecule has 6 nitrogen and oxygen atoms in total. The van der Waals surface area contributed by atoms with Crippen LogP contribution in [0.2, 0.25) is 5.02 Å². The Hall–Kier alpha value is -3.90. The summed E-state index contributed by atoms with van der Waals surface area (Å²) in [5.74, 6) is 1.60. The van der Waals surface area contributed by atoms with E-state index < -0.39 is 0 Å². The van der Waals surface area contributed by atoms with Crippen LogP contribution >= 0.6 is 11.6 Å². The summed E-state index contributed by atoms with van der Waals surface area (Å²) in [6.07, 6.45) is 3.25. The second kappa shape index (κ2) is 10.2. The lowest BCUT2D eigenvalue weighted by Crippen LogP contribution is -2.10. The molecular formula is C28H26ClNO5. The molecule has 7 heteroatoms. The highest BCUT2D eigenvalue weighted by atomic mass is 35.5. The fraction of sp³-hybridized carbons (Fsp3) is 0.179. The monoisotopic (exact) mass is 491 g/mol. The summed E-state index contributed by atoms with van der Waals surface area (Å²) in [6, 6.07) is 14.8. The van der Waals surface area contributed by atoms with Gasteiger partial charge in [0.15, 0.2) is 0 Å². The van der Waals surface area contributed by atoms with Crippen LogP contribution in [-0.4, -0.2) is 27.2 Å². The molecule has 1 amide bonds. The van der Waals surface area contributed by atoms with Gasteiger partial charge in [-0.3, -0.25) is 4.79 Å². The molecule has 0 atom stereocenters. The average molecular weight is 492 g/mol. The second-order valence-electron chi connectivity index (χ2n) is 8.00. The number of benzene rings is 3. The van der Waals surface area contributed by atoms with Crippen molar-refractivity contribution >= 4 is 39.7 Å². The van der Waals surface area contributed by atoms with E-state index in [1.54, 1.807) is 38.7 Å². The molecule has 0 aliphatic rings. The highest BCUT2D eigenvalue weighted by molar-refractivity contribution is 6.31. The molecule has 0 aliphatic carbocycles. The number of halogens is 1. The number of methoxy groups -OCH3 is 3. The number of fused-ring (bicyclic) bond motifs is 1. The molecule has 0 aliphatic heterocycles. The van der Waals surface area contributed by atoms with E-state index in [1.165, 1.54) is 13.2 Å². The molecule has 1 N–H and O–H groups in total. The van der Waals surface area contributed by atoms with Gasteiger partial charge in [0.2, 0.25) is 5.91 Å². The van der Waals surface area contributed by atoms with Crippen molar-refractivity contribution in [3.63, 3.8) is 0 Å². The van der Waals surface area contributed by atoms with Crippen molar-refractivity contribution in [1.29, 1.82) is 0 Å². The first-order valence-corrected chi connectivity index (χ1v) is 11.3. The topological polar surface area (TPSA) is 69.9 Å². The van der Waals surface area contributed by atoms with Gasteiger partial charge in [0, 0.05) is 33.2 Å². The van der Waals surface area contributed by atoms with E-state index in [1.807, 2.05) is 44.2 Å². The molecule has 0 radical (unpaired) electrons. The number of aryl methyl sites for hydroxylation is 1. The molecule has 3 aromatic carbocycles. The van der Waals surface area contributed by atoms with Crippen molar-refractivity contribution < 1.29 is 23.4 Å². The Morgan fingerprint density at radius 1 is 1.03 bits per heavy atom. The zero-order chi connectivity index (χ0) is 25.1. The van der Waals surface area contributed by atoms with E-state index in [4.69, 9.17) is 30.2 Å². The average Bonchev–Trinajstić information content (AvgIpc) is 3.28. The largest absolute Gasteiger partial charge is 0.497 e. The Kier molecular flexibility index (Phi) is 7.03. The molecule has 180 valence electrons. The van der Waals surface area contributed by atoms with E-state index in [-0.39, 0.29) is 5.91 Å². The van der Waals surface area contributed by atoms with Crippen LogP contribution in [0, 0.1) is 6.92 Å². The number of carbonyl (C=O) groups excluding carboxylic acids is 1. The molecule has 0 saturated carbocycles. The van der Waals surface area contributed by atoms with Gasteiger partial charge < -0.3 is 23.9 Å². The number of allylic oxidation sites excluding steroid dienone is 1. The number of anilines is 1. The van der Waals surface area contributed by atoms with Gasteiger partial charge in [-0.25, -0.2) is 0 Å². The smallest absolute Gasteiger partial charge is 0.248 e. The fourth-order valence-electron chi connectivity index (χ4n) is 4.11. The van der Waals surface area contributed by atoms with E-state index in [0.29, 0.717) is 22.2 Å². The third-order valence-electron chi connectivity index (χ3n) is 5.82. The van der Waals surface area contributed by atoms with Gasteiger partial charge in [0.25, 0.3) is 0 Å². The van der Waals surface area contributed by atoms with Crippen molar-refractivity contribution in [3.05, 3.63) is 77.0 Å². The number of nitrogens with one attached hydrogen (secondary N) is 1. The van der Waals surface area contributed by atoms with Crippen LogP contribution in [0.3, 0.4) is 0 Å². The molecule has 0 saturated heterocycles. The zero-order valence-corrected chi connectivity index (χ0v) is 20.9. The highest BCUT2D eigenvalue weighted by Gasteiger charge is 2.19. The lowest BCUT2D eigenvalue weighted by atomic mass is 9.96. The molecule has 0 unspecified atom stereocenters. The van der Waals surface area contributed by atoms with Crippen LogP contribution in [0.1, 0.15) is 18.1 Å². The number of hydrogen-bond donors (Lipinski definition) is 1. The number of hydrogen-bond acceptors (Lipinski definition) is 5. The van der Waals surface area contributed by atoms with Gasteiger partial charge in [-0.2, -0.15) is 0 Å². The van der Waals surface area contributed by atoms with Gasteiger partial charge in [0.1, 0.15) is 22.8 Å². The van der Waals surface area contributed by atoms with Gasteiger partial charge >= 0.3 is 0 Å². The van der Waals surface area contributed by atoms with Crippen LogP contribution in [-0.2, 0) is 4.79 Å². The van der Waals surface area contributed by atoms with Crippen LogP contribution in [0.4, 0.5) is 5.69 Å². The van der Waals surface area contributed by atoms with E-state index in [0.717, 1.165) is 44.5 Å². The summed E-state index contributed by atoms with van der Waals surface area (Å²) >= 11 is 6.09. The molecule has 35 heavy (non-hydrogen) atoms. The number of amides is 1. The molecule has 0 fully saturated rings. The Bertz CT molecular complexity index is 1440. The Morgan fingerprint density at radius 2 is 1.83 bits per heavy atom. The van der Waals surface area contributed by atoms with Gasteiger partial charge in [-0.05, 0) is 61.4 Å². The van der Waals surface area contributed by atoms with Crippen molar-refractivity contribution in [3.8, 4) is 28.4 Å². The summed E-state index contributed by atoms with van der Waals surface area (Å²) in [6.45, 7) is 3.80. The predicted octanol–water partition coefficient (Wildman–Crippen LogP) is 7.13. The number of furan rings is 1. The van der Waals surface area contributed by atoms with Gasteiger partial charge in [0.05, 0.1) is 33.3 Å². The van der Waals surface area contributed by atoms with Crippen LogP contribution in [0.25, 0.3) is 27.7 Å². The molecule has 1 heterocycles. The minimum Gasteiger partial charge on any atom is -0.497 e. The second-order valence-corrected chi connectivity index (χ2v) is 8.44. The first-order valence-electron chi connectivity index (χ1n) is 10.9. The minimum absolute atomic E-state index is 0.317. The van der Waals surface area contributed by atoms with Gasteiger partial charge in [-0.15, -0.1) is 0 Å². The fourth-order valence-corrected chi connectivity index (χ4v) is 4.28. The Balaban J connectivity index is 1.76. The van der Waals surface area contributed by atoms with Crippen molar-refractivity contribution in [2.24, 2.45) is 0 Å². The van der Waals surface area contributed by atoms with Gasteiger partial charge in [-0.1, -0.05) is 23.7 Å². The first kappa shape index (κ1) is 24.2. The van der Waals surface area contributed by atoms with Crippen LogP contribution in [0.5, 0.6) is 17.2 Å². The quantitative estimate of drug-likeness (QED) is 0.278. The first-order chi connectivity index (χ1) is 16.9. The van der Waals surface area contributed by atoms with Crippen molar-refractivity contribution in [1.82, 2.24) is 0 Å². The SMILES string of the molecule is COc1cccc(-c2coc3c(C)c(OC)c(/C(C)=C/C(=O)Nc4cc(Cl)ccc4OC)cc23)c1. The summed E-state index contributed by atoms with van der Waals surface area (Å²) in [5.41, 5.74) is 5.46.